The van der Waals surface area contributed by atoms with Gasteiger partial charge in [0.05, 0.1) is 36.0 Å². The van der Waals surface area contributed by atoms with Crippen molar-refractivity contribution in [2.75, 3.05) is 35.5 Å². The van der Waals surface area contributed by atoms with Crippen LogP contribution in [0.3, 0.4) is 0 Å². The molecule has 0 radical (unpaired) electrons. The van der Waals surface area contributed by atoms with Crippen molar-refractivity contribution in [2.24, 2.45) is 5.92 Å². The van der Waals surface area contributed by atoms with E-state index in [1.165, 1.54) is 12.4 Å². The molecule has 3 heterocycles. The number of aliphatic hydroxyl groups excluding tert-OH is 2. The van der Waals surface area contributed by atoms with Gasteiger partial charge in [0.25, 0.3) is 5.69 Å². The van der Waals surface area contributed by atoms with Crippen molar-refractivity contribution in [3.8, 4) is 0 Å². The molecule has 4 atom stereocenters. The lowest BCUT2D eigenvalue weighted by Crippen LogP contribution is -2.40. The van der Waals surface area contributed by atoms with Crippen molar-refractivity contribution < 1.29 is 24.6 Å². The van der Waals surface area contributed by atoms with Crippen LogP contribution in [-0.4, -0.2) is 63.5 Å². The summed E-state index contributed by atoms with van der Waals surface area (Å²) in [5.41, 5.74) is 7.22. The zero-order valence-electron chi connectivity index (χ0n) is 18.4. The molecule has 4 N–H and O–H groups in total. The number of aromatic nitrogens is 2. The molecule has 178 valence electrons. The maximum Gasteiger partial charge on any atom is 0.275 e. The van der Waals surface area contributed by atoms with Crippen molar-refractivity contribution in [1.82, 2.24) is 9.97 Å². The number of fused-ring (bicyclic) bond motifs is 1. The van der Waals surface area contributed by atoms with Gasteiger partial charge in [-0.15, -0.1) is 0 Å². The molecular formula is C21H28N6O6. The smallest absolute Gasteiger partial charge is 0.275 e. The summed E-state index contributed by atoms with van der Waals surface area (Å²) in [4.78, 5) is 23.2. The molecule has 2 unspecified atom stereocenters. The third kappa shape index (κ3) is 4.42. The molecule has 1 aromatic carbocycles. The zero-order valence-corrected chi connectivity index (χ0v) is 18.4. The van der Waals surface area contributed by atoms with Crippen molar-refractivity contribution in [3.63, 3.8) is 0 Å². The van der Waals surface area contributed by atoms with Gasteiger partial charge in [0.15, 0.2) is 11.6 Å². The average Bonchev–Trinajstić information content (AvgIpc) is 3.34. The maximum atomic E-state index is 11.5. The van der Waals surface area contributed by atoms with Gasteiger partial charge in [-0.2, -0.15) is 0 Å². The molecule has 0 aliphatic carbocycles. The molecule has 2 aliphatic rings. The van der Waals surface area contributed by atoms with E-state index in [9.17, 15) is 20.3 Å². The number of benzene rings is 1. The Hall–Kier alpha value is -3.06. The van der Waals surface area contributed by atoms with E-state index in [4.69, 9.17) is 15.2 Å². The van der Waals surface area contributed by atoms with Crippen LogP contribution in [0, 0.1) is 16.0 Å². The molecule has 1 fully saturated rings. The summed E-state index contributed by atoms with van der Waals surface area (Å²) in [7, 11) is 0. The highest BCUT2D eigenvalue weighted by Crippen LogP contribution is 2.42. The average molecular weight is 460 g/mol. The third-order valence-electron chi connectivity index (χ3n) is 5.93. The lowest BCUT2D eigenvalue weighted by atomic mass is 9.97. The first-order valence-electron chi connectivity index (χ1n) is 10.7. The molecule has 1 aromatic heterocycles. The van der Waals surface area contributed by atoms with Gasteiger partial charge in [-0.1, -0.05) is 26.0 Å². The van der Waals surface area contributed by atoms with E-state index in [2.05, 4.69) is 9.97 Å². The molecule has 2 aliphatic heterocycles. The number of hydrogen-bond acceptors (Lipinski definition) is 11. The van der Waals surface area contributed by atoms with Gasteiger partial charge >= 0.3 is 0 Å². The van der Waals surface area contributed by atoms with Crippen molar-refractivity contribution >= 4 is 23.0 Å². The highest BCUT2D eigenvalue weighted by molar-refractivity contribution is 5.81. The number of nitrogens with two attached hydrogens (primary N) is 1. The molecule has 0 spiro atoms. The minimum absolute atomic E-state index is 0.00545. The first-order chi connectivity index (χ1) is 15.8. The Morgan fingerprint density at radius 3 is 2.79 bits per heavy atom. The highest BCUT2D eigenvalue weighted by Gasteiger charge is 2.42. The van der Waals surface area contributed by atoms with E-state index < -0.39 is 29.5 Å². The van der Waals surface area contributed by atoms with Gasteiger partial charge < -0.3 is 35.2 Å². The Kier molecular flexibility index (Phi) is 6.61. The van der Waals surface area contributed by atoms with Gasteiger partial charge in [-0.25, -0.2) is 9.97 Å². The monoisotopic (exact) mass is 460 g/mol. The molecule has 2 aromatic rings. The van der Waals surface area contributed by atoms with Gasteiger partial charge in [-0.05, 0) is 12.0 Å². The normalized spacial score (nSPS) is 23.2. The minimum Gasteiger partial charge on any atom is -0.394 e. The third-order valence-corrected chi connectivity index (χ3v) is 5.93. The number of anilines is 3. The van der Waals surface area contributed by atoms with Crippen molar-refractivity contribution in [3.05, 3.63) is 46.3 Å². The maximum absolute atomic E-state index is 11.5. The fourth-order valence-corrected chi connectivity index (χ4v) is 4.33. The van der Waals surface area contributed by atoms with Crippen molar-refractivity contribution in [2.45, 2.75) is 44.8 Å². The molecule has 0 bridgehead atoms. The molecule has 0 amide bonds. The van der Waals surface area contributed by atoms with Crippen LogP contribution in [0.2, 0.25) is 0 Å². The van der Waals surface area contributed by atoms with Crippen LogP contribution >= 0.6 is 0 Å². The highest BCUT2D eigenvalue weighted by atomic mass is 16.6. The zero-order chi connectivity index (χ0) is 23.7. The second kappa shape index (κ2) is 9.43. The van der Waals surface area contributed by atoms with E-state index in [0.717, 1.165) is 0 Å². The minimum atomic E-state index is -0.795. The number of nitrogen functional groups attached to an aromatic ring is 1. The Labute approximate surface area is 190 Å². The quantitative estimate of drug-likeness (QED) is 0.386. The number of aliphatic hydroxyl groups is 2. The lowest BCUT2D eigenvalue weighted by Gasteiger charge is -2.28. The van der Waals surface area contributed by atoms with Crippen LogP contribution in [0.25, 0.3) is 0 Å². The van der Waals surface area contributed by atoms with Gasteiger partial charge in [0, 0.05) is 12.5 Å². The molecule has 0 saturated carbocycles. The standard InChI is InChI=1S/C21H28N6O6/c1-12(2)19(13-5-3-4-6-14(13)27(30)31)32-11-25-10-26(17-7-15(29)16(8-28)33-17)21-18(25)20(22)23-9-24-21/h3-6,9,12,15-17,19,28-29H,7-8,10-11H2,1-2H3,(H2,22,23,24)/t15?,16-,17-,19?/m1/s1. The summed E-state index contributed by atoms with van der Waals surface area (Å²) in [5, 5.41) is 31.1. The van der Waals surface area contributed by atoms with Gasteiger partial charge in [0.1, 0.15) is 31.1 Å². The predicted molar refractivity (Wildman–Crippen MR) is 119 cm³/mol. The number of para-hydroxylation sites is 1. The molecule has 1 saturated heterocycles. The Balaban J connectivity index is 1.57. The SMILES string of the molecule is CC(C)C(OCN1CN([C@H]2CC(O)[C@@H](CO)O2)c2ncnc(N)c21)c1ccccc1[N+](=O)[O-]. The number of rotatable bonds is 8. The number of nitro benzene ring substituents is 1. The Bertz CT molecular complexity index is 1010. The van der Waals surface area contributed by atoms with E-state index in [1.54, 1.807) is 18.2 Å². The predicted octanol–water partition coefficient (Wildman–Crippen LogP) is 1.39. The summed E-state index contributed by atoms with van der Waals surface area (Å²) < 4.78 is 12.0. The summed E-state index contributed by atoms with van der Waals surface area (Å²) in [6.45, 7) is 3.96. The van der Waals surface area contributed by atoms with Crippen LogP contribution in [-0.2, 0) is 9.47 Å². The Morgan fingerprint density at radius 1 is 1.36 bits per heavy atom. The molecule has 12 nitrogen and oxygen atoms in total. The van der Waals surface area contributed by atoms with Crippen LogP contribution in [0.4, 0.5) is 23.0 Å². The van der Waals surface area contributed by atoms with Crippen LogP contribution in [0.5, 0.6) is 0 Å². The Morgan fingerprint density at radius 2 is 2.12 bits per heavy atom. The van der Waals surface area contributed by atoms with Crippen LogP contribution in [0.1, 0.15) is 31.9 Å². The van der Waals surface area contributed by atoms with E-state index in [1.807, 2.05) is 23.6 Å². The number of hydrogen-bond donors (Lipinski definition) is 3. The fourth-order valence-electron chi connectivity index (χ4n) is 4.33. The topological polar surface area (TPSA) is 160 Å². The molecule has 33 heavy (non-hydrogen) atoms. The number of nitrogens with zero attached hydrogens (tertiary/aromatic N) is 5. The second-order valence-electron chi connectivity index (χ2n) is 8.47. The number of nitro groups is 1. The van der Waals surface area contributed by atoms with E-state index in [0.29, 0.717) is 30.2 Å². The molecular weight excluding hydrogens is 432 g/mol. The van der Waals surface area contributed by atoms with Crippen LogP contribution in [0.15, 0.2) is 30.6 Å². The largest absolute Gasteiger partial charge is 0.394 e. The van der Waals surface area contributed by atoms with Crippen molar-refractivity contribution in [1.29, 1.82) is 0 Å². The van der Waals surface area contributed by atoms with Gasteiger partial charge in [0.2, 0.25) is 0 Å². The number of ether oxygens (including phenoxy) is 2. The van der Waals surface area contributed by atoms with E-state index in [-0.39, 0.29) is 30.8 Å². The molecule has 12 heteroatoms. The second-order valence-corrected chi connectivity index (χ2v) is 8.47. The first kappa shape index (κ1) is 23.1. The first-order valence-corrected chi connectivity index (χ1v) is 10.7. The van der Waals surface area contributed by atoms with Crippen LogP contribution < -0.4 is 15.5 Å². The van der Waals surface area contributed by atoms with Gasteiger partial charge in [-0.3, -0.25) is 10.1 Å². The van der Waals surface area contributed by atoms with E-state index >= 15 is 0 Å². The summed E-state index contributed by atoms with van der Waals surface area (Å²) in [5.74, 6) is 0.760. The molecule has 4 rings (SSSR count). The summed E-state index contributed by atoms with van der Waals surface area (Å²) in [6.07, 6.45) is -0.855. The summed E-state index contributed by atoms with van der Waals surface area (Å²) >= 11 is 0. The summed E-state index contributed by atoms with van der Waals surface area (Å²) in [6, 6.07) is 6.54. The lowest BCUT2D eigenvalue weighted by molar-refractivity contribution is -0.386. The fraction of sp³-hybridized carbons (Fsp3) is 0.524.